The van der Waals surface area contributed by atoms with Crippen molar-refractivity contribution in [3.63, 3.8) is 0 Å². The average molecular weight is 365 g/mol. The fourth-order valence-corrected chi connectivity index (χ4v) is 8.56. The normalized spacial score (nSPS) is 57.8. The van der Waals surface area contributed by atoms with Crippen LogP contribution in [-0.2, 0) is 4.74 Å². The first kappa shape index (κ1) is 19.2. The van der Waals surface area contributed by atoms with E-state index in [9.17, 15) is 10.2 Å². The molecular formula is C23H40O3. The summed E-state index contributed by atoms with van der Waals surface area (Å²) in [6.45, 7) is 9.01. The third-order valence-corrected chi connectivity index (χ3v) is 9.86. The van der Waals surface area contributed by atoms with Gasteiger partial charge in [-0.25, -0.2) is 0 Å². The van der Waals surface area contributed by atoms with E-state index in [0.29, 0.717) is 17.3 Å². The van der Waals surface area contributed by atoms with Crippen LogP contribution in [0.5, 0.6) is 0 Å². The molecule has 0 aliphatic heterocycles. The number of aliphatic hydroxyl groups excluding tert-OH is 1. The molecule has 10 atom stereocenters. The molecule has 0 heterocycles. The first-order valence-electron chi connectivity index (χ1n) is 11.1. The maximum absolute atomic E-state index is 10.6. The van der Waals surface area contributed by atoms with Crippen LogP contribution in [0.2, 0.25) is 0 Å². The summed E-state index contributed by atoms with van der Waals surface area (Å²) in [5, 5.41) is 21.2. The van der Waals surface area contributed by atoms with E-state index in [1.165, 1.54) is 32.1 Å². The van der Waals surface area contributed by atoms with Crippen molar-refractivity contribution in [1.82, 2.24) is 0 Å². The van der Waals surface area contributed by atoms with E-state index >= 15 is 0 Å². The van der Waals surface area contributed by atoms with Crippen LogP contribution in [0.25, 0.3) is 0 Å². The average Bonchev–Trinajstić information content (AvgIpc) is 2.88. The quantitative estimate of drug-likeness (QED) is 0.763. The lowest BCUT2D eigenvalue weighted by atomic mass is 9.44. The Morgan fingerprint density at radius 3 is 2.35 bits per heavy atom. The van der Waals surface area contributed by atoms with Crippen molar-refractivity contribution >= 4 is 0 Å². The van der Waals surface area contributed by atoms with Crippen LogP contribution < -0.4 is 0 Å². The predicted molar refractivity (Wildman–Crippen MR) is 104 cm³/mol. The lowest BCUT2D eigenvalue weighted by molar-refractivity contribution is -0.150. The highest BCUT2D eigenvalue weighted by Gasteiger charge is 2.63. The Morgan fingerprint density at radius 2 is 1.69 bits per heavy atom. The summed E-state index contributed by atoms with van der Waals surface area (Å²) < 4.78 is 5.89. The third-order valence-electron chi connectivity index (χ3n) is 9.86. The van der Waals surface area contributed by atoms with Crippen molar-refractivity contribution in [2.75, 3.05) is 7.11 Å². The Balaban J connectivity index is 1.62. The molecule has 3 heteroatoms. The van der Waals surface area contributed by atoms with E-state index < -0.39 is 5.60 Å². The minimum atomic E-state index is -0.452. The number of hydrogen-bond acceptors (Lipinski definition) is 3. The molecular weight excluding hydrogens is 324 g/mol. The molecule has 4 fully saturated rings. The van der Waals surface area contributed by atoms with Gasteiger partial charge in [0.05, 0.1) is 17.8 Å². The molecule has 26 heavy (non-hydrogen) atoms. The Morgan fingerprint density at radius 1 is 0.962 bits per heavy atom. The van der Waals surface area contributed by atoms with Gasteiger partial charge >= 0.3 is 0 Å². The van der Waals surface area contributed by atoms with Crippen molar-refractivity contribution in [3.05, 3.63) is 0 Å². The third kappa shape index (κ3) is 2.63. The highest BCUT2D eigenvalue weighted by Crippen LogP contribution is 2.68. The van der Waals surface area contributed by atoms with Gasteiger partial charge in [-0.3, -0.25) is 0 Å². The number of fused-ring (bicyclic) bond motifs is 5. The van der Waals surface area contributed by atoms with Crippen molar-refractivity contribution in [2.45, 2.75) is 96.9 Å². The molecule has 0 aromatic carbocycles. The van der Waals surface area contributed by atoms with Gasteiger partial charge < -0.3 is 14.9 Å². The minimum absolute atomic E-state index is 0.210. The molecule has 0 aromatic rings. The zero-order chi connectivity index (χ0) is 18.9. The predicted octanol–water partition coefficient (Wildman–Crippen LogP) is 4.40. The summed E-state index contributed by atoms with van der Waals surface area (Å²) in [7, 11) is 1.83. The Bertz CT molecular complexity index is 544. The van der Waals surface area contributed by atoms with E-state index in [2.05, 4.69) is 13.8 Å². The topological polar surface area (TPSA) is 49.7 Å². The van der Waals surface area contributed by atoms with Gasteiger partial charge in [-0.15, -0.1) is 0 Å². The molecule has 2 N–H and O–H groups in total. The van der Waals surface area contributed by atoms with Crippen molar-refractivity contribution < 1.29 is 14.9 Å². The lowest BCUT2D eigenvalue weighted by Gasteiger charge is -2.62. The molecule has 150 valence electrons. The van der Waals surface area contributed by atoms with Crippen LogP contribution >= 0.6 is 0 Å². The van der Waals surface area contributed by atoms with Crippen LogP contribution in [0.1, 0.15) is 79.1 Å². The van der Waals surface area contributed by atoms with Crippen molar-refractivity contribution in [1.29, 1.82) is 0 Å². The van der Waals surface area contributed by atoms with Gasteiger partial charge in [-0.2, -0.15) is 0 Å². The summed E-state index contributed by atoms with van der Waals surface area (Å²) in [5.74, 6) is 3.21. The molecule has 4 aliphatic carbocycles. The number of methoxy groups -OCH3 is 1. The Kier molecular flexibility index (Phi) is 4.57. The smallest absolute Gasteiger partial charge is 0.0632 e. The zero-order valence-corrected chi connectivity index (χ0v) is 17.5. The van der Waals surface area contributed by atoms with E-state index in [4.69, 9.17) is 4.74 Å². The van der Waals surface area contributed by atoms with Crippen LogP contribution in [0.3, 0.4) is 0 Å². The molecule has 4 aliphatic rings. The van der Waals surface area contributed by atoms with E-state index in [1.807, 2.05) is 21.0 Å². The standard InChI is InChI=1S/C23H40O3/c1-14(24)20-19(26-5)12-18-16-7-6-15-13-21(2,25)10-11-22(15,3)17(16)8-9-23(18,20)4/h14-20,24-25H,6-13H2,1-5H3/t14?,15-,16+,17-,18-,19+,20-,21+,22-,23-/m0/s1. The number of rotatable bonds is 2. The second-order valence-electron chi connectivity index (χ2n) is 11.2. The first-order chi connectivity index (χ1) is 12.1. The monoisotopic (exact) mass is 364 g/mol. The van der Waals surface area contributed by atoms with Gasteiger partial charge in [-0.1, -0.05) is 13.8 Å². The summed E-state index contributed by atoms with van der Waals surface area (Å²) in [4.78, 5) is 0. The van der Waals surface area contributed by atoms with E-state index in [-0.39, 0.29) is 23.5 Å². The highest BCUT2D eigenvalue weighted by atomic mass is 16.5. The van der Waals surface area contributed by atoms with Gasteiger partial charge in [0.1, 0.15) is 0 Å². The summed E-state index contributed by atoms with van der Waals surface area (Å²) >= 11 is 0. The number of hydrogen-bond donors (Lipinski definition) is 2. The maximum atomic E-state index is 10.6. The van der Waals surface area contributed by atoms with Crippen LogP contribution in [-0.4, -0.2) is 35.1 Å². The van der Waals surface area contributed by atoms with Crippen molar-refractivity contribution in [3.8, 4) is 0 Å². The fraction of sp³-hybridized carbons (Fsp3) is 1.00. The molecule has 0 aromatic heterocycles. The summed E-state index contributed by atoms with van der Waals surface area (Å²) in [6, 6.07) is 0. The molecule has 0 radical (unpaired) electrons. The lowest BCUT2D eigenvalue weighted by Crippen LogP contribution is -2.55. The largest absolute Gasteiger partial charge is 0.393 e. The Hall–Kier alpha value is -0.120. The zero-order valence-electron chi connectivity index (χ0n) is 17.5. The summed E-state index contributed by atoms with van der Waals surface area (Å²) in [6.07, 6.45) is 9.30. The SMILES string of the molecule is CO[C@@H]1C[C@H]2[C@@H]3CC[C@H]4C[C@](C)(O)CC[C@]4(C)[C@H]3CC[C@]2(C)[C@H]1C(C)O. The molecule has 0 spiro atoms. The number of ether oxygens (including phenoxy) is 1. The van der Waals surface area contributed by atoms with Gasteiger partial charge in [0, 0.05) is 13.0 Å². The molecule has 0 amide bonds. The molecule has 3 nitrogen and oxygen atoms in total. The molecule has 0 saturated heterocycles. The molecule has 1 unspecified atom stereocenters. The van der Waals surface area contributed by atoms with Crippen LogP contribution in [0, 0.1) is 40.4 Å². The second-order valence-corrected chi connectivity index (χ2v) is 11.2. The van der Waals surface area contributed by atoms with Gasteiger partial charge in [0.25, 0.3) is 0 Å². The van der Waals surface area contributed by atoms with Gasteiger partial charge in [-0.05, 0) is 99.7 Å². The molecule has 0 bridgehead atoms. The van der Waals surface area contributed by atoms with Crippen molar-refractivity contribution in [2.24, 2.45) is 40.4 Å². The summed E-state index contributed by atoms with van der Waals surface area (Å²) in [5.41, 5.74) is 0.170. The molecule has 4 saturated carbocycles. The van der Waals surface area contributed by atoms with E-state index in [1.54, 1.807) is 0 Å². The van der Waals surface area contributed by atoms with E-state index in [0.717, 1.165) is 31.1 Å². The fourth-order valence-electron chi connectivity index (χ4n) is 8.56. The maximum Gasteiger partial charge on any atom is 0.0632 e. The first-order valence-corrected chi connectivity index (χ1v) is 11.1. The van der Waals surface area contributed by atoms with Crippen LogP contribution in [0.15, 0.2) is 0 Å². The molecule has 4 rings (SSSR count). The second kappa shape index (κ2) is 6.19. The van der Waals surface area contributed by atoms with Gasteiger partial charge in [0.15, 0.2) is 0 Å². The Labute approximate surface area is 159 Å². The minimum Gasteiger partial charge on any atom is -0.393 e. The number of aliphatic hydroxyl groups is 2. The van der Waals surface area contributed by atoms with Crippen LogP contribution in [0.4, 0.5) is 0 Å². The highest BCUT2D eigenvalue weighted by molar-refractivity contribution is 5.12. The van der Waals surface area contributed by atoms with Gasteiger partial charge in [0.2, 0.25) is 0 Å².